The zero-order valence-electron chi connectivity index (χ0n) is 11.1. The number of esters is 1. The van der Waals surface area contributed by atoms with Crippen LogP contribution < -0.4 is 0 Å². The van der Waals surface area contributed by atoms with Crippen LogP contribution in [0.3, 0.4) is 0 Å². The fourth-order valence-corrected chi connectivity index (χ4v) is 2.84. The van der Waals surface area contributed by atoms with Gasteiger partial charge in [-0.15, -0.1) is 0 Å². The Bertz CT molecular complexity index is 417. The van der Waals surface area contributed by atoms with Gasteiger partial charge in [-0.1, -0.05) is 13.0 Å². The van der Waals surface area contributed by atoms with Gasteiger partial charge in [0.2, 0.25) is 0 Å². The first-order valence-electron chi connectivity index (χ1n) is 6.75. The van der Waals surface area contributed by atoms with Crippen molar-refractivity contribution < 1.29 is 14.3 Å². The van der Waals surface area contributed by atoms with Crippen LogP contribution >= 0.6 is 0 Å². The van der Waals surface area contributed by atoms with Crippen molar-refractivity contribution in [2.24, 2.45) is 5.92 Å². The van der Waals surface area contributed by atoms with Gasteiger partial charge in [0.25, 0.3) is 0 Å². The minimum atomic E-state index is -0.398. The summed E-state index contributed by atoms with van der Waals surface area (Å²) in [4.78, 5) is 23.6. The maximum absolute atomic E-state index is 12.5. The largest absolute Gasteiger partial charge is 0.458 e. The van der Waals surface area contributed by atoms with E-state index in [-0.39, 0.29) is 17.7 Å². The lowest BCUT2D eigenvalue weighted by atomic mass is 9.84. The van der Waals surface area contributed by atoms with Crippen LogP contribution in [-0.4, -0.2) is 17.9 Å². The Morgan fingerprint density at radius 3 is 2.78 bits per heavy atom. The van der Waals surface area contributed by atoms with E-state index in [0.29, 0.717) is 6.42 Å². The SMILES string of the molecule is CCC1C(=O)C2=C(C=CC1OC(C)=O)CCCC2. The van der Waals surface area contributed by atoms with Crippen LogP contribution in [0.1, 0.15) is 46.0 Å². The smallest absolute Gasteiger partial charge is 0.303 e. The highest BCUT2D eigenvalue weighted by Crippen LogP contribution is 2.33. The van der Waals surface area contributed by atoms with Gasteiger partial charge in [0, 0.05) is 6.92 Å². The van der Waals surface area contributed by atoms with Crippen molar-refractivity contribution in [3.63, 3.8) is 0 Å². The molecule has 2 rings (SSSR count). The van der Waals surface area contributed by atoms with Crippen molar-refractivity contribution >= 4 is 11.8 Å². The van der Waals surface area contributed by atoms with E-state index in [1.165, 1.54) is 6.92 Å². The Labute approximate surface area is 108 Å². The van der Waals surface area contributed by atoms with Crippen molar-refractivity contribution in [1.29, 1.82) is 0 Å². The first-order chi connectivity index (χ1) is 8.63. The van der Waals surface area contributed by atoms with E-state index in [4.69, 9.17) is 4.74 Å². The number of rotatable bonds is 2. The maximum atomic E-state index is 12.5. The lowest BCUT2D eigenvalue weighted by molar-refractivity contribution is -0.147. The van der Waals surface area contributed by atoms with Crippen LogP contribution in [0.4, 0.5) is 0 Å². The minimum Gasteiger partial charge on any atom is -0.458 e. The minimum absolute atomic E-state index is 0.184. The Balaban J connectivity index is 2.29. The molecule has 0 amide bonds. The topological polar surface area (TPSA) is 43.4 Å². The van der Waals surface area contributed by atoms with Gasteiger partial charge in [0.05, 0.1) is 5.92 Å². The first-order valence-corrected chi connectivity index (χ1v) is 6.75. The van der Waals surface area contributed by atoms with Gasteiger partial charge in [-0.05, 0) is 49.3 Å². The van der Waals surface area contributed by atoms with Crippen molar-refractivity contribution in [2.45, 2.75) is 52.1 Å². The molecule has 0 radical (unpaired) electrons. The molecule has 0 heterocycles. The van der Waals surface area contributed by atoms with Gasteiger partial charge in [-0.2, -0.15) is 0 Å². The van der Waals surface area contributed by atoms with E-state index in [1.54, 1.807) is 0 Å². The molecule has 0 aromatic carbocycles. The molecule has 3 nitrogen and oxygen atoms in total. The molecule has 0 N–H and O–H groups in total. The summed E-state index contributed by atoms with van der Waals surface area (Å²) in [5, 5.41) is 0. The van der Waals surface area contributed by atoms with Crippen LogP contribution in [0.2, 0.25) is 0 Å². The molecule has 98 valence electrons. The number of hydrogen-bond donors (Lipinski definition) is 0. The van der Waals surface area contributed by atoms with E-state index in [9.17, 15) is 9.59 Å². The molecule has 2 unspecified atom stereocenters. The highest BCUT2D eigenvalue weighted by atomic mass is 16.5. The van der Waals surface area contributed by atoms with Crippen molar-refractivity contribution in [1.82, 2.24) is 0 Å². The average molecular weight is 248 g/mol. The Morgan fingerprint density at radius 2 is 2.11 bits per heavy atom. The number of ether oxygens (including phenoxy) is 1. The molecule has 0 aromatic rings. The molecule has 2 aliphatic carbocycles. The standard InChI is InChI=1S/C15H20O3/c1-3-12-14(18-10(2)16)9-8-11-6-4-5-7-13(11)15(12)17/h8-9,12,14H,3-7H2,1-2H3. The van der Waals surface area contributed by atoms with Crippen LogP contribution in [0.15, 0.2) is 23.3 Å². The third-order valence-corrected chi connectivity index (χ3v) is 3.77. The second kappa shape index (κ2) is 5.51. The predicted octanol–water partition coefficient (Wildman–Crippen LogP) is 2.95. The fourth-order valence-electron chi connectivity index (χ4n) is 2.84. The Kier molecular flexibility index (Phi) is 4.00. The normalized spacial score (nSPS) is 27.8. The summed E-state index contributed by atoms with van der Waals surface area (Å²) >= 11 is 0. The molecule has 0 spiro atoms. The summed E-state index contributed by atoms with van der Waals surface area (Å²) in [5.74, 6) is -0.352. The summed E-state index contributed by atoms with van der Waals surface area (Å²) in [7, 11) is 0. The molecule has 0 aliphatic heterocycles. The zero-order valence-corrected chi connectivity index (χ0v) is 11.1. The number of Topliss-reactive ketones (excluding diaryl/α,β-unsaturated/α-hetero) is 1. The van der Waals surface area contributed by atoms with Crippen LogP contribution in [0.25, 0.3) is 0 Å². The van der Waals surface area contributed by atoms with Gasteiger partial charge in [-0.3, -0.25) is 9.59 Å². The van der Waals surface area contributed by atoms with Crippen LogP contribution in [0, 0.1) is 5.92 Å². The quantitative estimate of drug-likeness (QED) is 0.706. The average Bonchev–Trinajstić information content (AvgIpc) is 2.47. The number of carbonyl (C=O) groups excluding carboxylic acids is 2. The lowest BCUT2D eigenvalue weighted by Gasteiger charge is -2.23. The second-order valence-electron chi connectivity index (χ2n) is 5.02. The monoisotopic (exact) mass is 248 g/mol. The van der Waals surface area contributed by atoms with Gasteiger partial charge in [-0.25, -0.2) is 0 Å². The number of ketones is 1. The Morgan fingerprint density at radius 1 is 1.39 bits per heavy atom. The first kappa shape index (κ1) is 13.1. The molecule has 3 heteroatoms. The van der Waals surface area contributed by atoms with Crippen molar-refractivity contribution in [3.8, 4) is 0 Å². The number of hydrogen-bond acceptors (Lipinski definition) is 3. The molecular weight excluding hydrogens is 228 g/mol. The third kappa shape index (κ3) is 2.55. The maximum Gasteiger partial charge on any atom is 0.303 e. The molecule has 0 aromatic heterocycles. The third-order valence-electron chi connectivity index (χ3n) is 3.77. The summed E-state index contributed by atoms with van der Waals surface area (Å²) < 4.78 is 5.28. The van der Waals surface area contributed by atoms with Gasteiger partial charge >= 0.3 is 5.97 Å². The van der Waals surface area contributed by atoms with E-state index in [0.717, 1.165) is 36.8 Å². The lowest BCUT2D eigenvalue weighted by Crippen LogP contribution is -2.30. The van der Waals surface area contributed by atoms with Gasteiger partial charge in [0.15, 0.2) is 5.78 Å². The predicted molar refractivity (Wildman–Crippen MR) is 69.0 cm³/mol. The van der Waals surface area contributed by atoms with E-state index >= 15 is 0 Å². The second-order valence-corrected chi connectivity index (χ2v) is 5.02. The molecule has 0 saturated heterocycles. The van der Waals surface area contributed by atoms with E-state index in [1.807, 2.05) is 19.1 Å². The molecule has 2 aliphatic rings. The molecule has 0 bridgehead atoms. The number of allylic oxidation sites excluding steroid dienone is 3. The van der Waals surface area contributed by atoms with E-state index in [2.05, 4.69) is 0 Å². The zero-order chi connectivity index (χ0) is 13.1. The molecule has 18 heavy (non-hydrogen) atoms. The highest BCUT2D eigenvalue weighted by molar-refractivity contribution is 5.99. The van der Waals surface area contributed by atoms with Crippen molar-refractivity contribution in [2.75, 3.05) is 0 Å². The van der Waals surface area contributed by atoms with Crippen LogP contribution in [-0.2, 0) is 14.3 Å². The van der Waals surface area contributed by atoms with Crippen molar-refractivity contribution in [3.05, 3.63) is 23.3 Å². The summed E-state index contributed by atoms with van der Waals surface area (Å²) in [5.41, 5.74) is 2.12. The van der Waals surface area contributed by atoms with Crippen LogP contribution in [0.5, 0.6) is 0 Å². The molecular formula is C15H20O3. The summed E-state index contributed by atoms with van der Waals surface area (Å²) in [6.45, 7) is 3.37. The molecule has 2 atom stereocenters. The van der Waals surface area contributed by atoms with E-state index < -0.39 is 6.10 Å². The fraction of sp³-hybridized carbons (Fsp3) is 0.600. The highest BCUT2D eigenvalue weighted by Gasteiger charge is 2.33. The summed E-state index contributed by atoms with van der Waals surface area (Å²) in [6.07, 6.45) is 8.28. The van der Waals surface area contributed by atoms with Gasteiger partial charge in [0.1, 0.15) is 6.10 Å². The molecule has 0 saturated carbocycles. The summed E-state index contributed by atoms with van der Waals surface area (Å²) in [6, 6.07) is 0. The number of carbonyl (C=O) groups is 2. The van der Waals surface area contributed by atoms with Gasteiger partial charge < -0.3 is 4.74 Å². The Hall–Kier alpha value is -1.38. The molecule has 0 fully saturated rings.